The number of hydrogen-bond acceptors (Lipinski definition) is 3. The minimum atomic E-state index is 0.400. The van der Waals surface area contributed by atoms with E-state index >= 15 is 0 Å². The fourth-order valence-corrected chi connectivity index (χ4v) is 2.92. The number of hydrogen-bond donors (Lipinski definition) is 1. The van der Waals surface area contributed by atoms with Crippen molar-refractivity contribution >= 4 is 0 Å². The first kappa shape index (κ1) is 15.3. The fraction of sp³-hybridized carbons (Fsp3) is 0.647. The van der Waals surface area contributed by atoms with Crippen molar-refractivity contribution in [2.75, 3.05) is 20.2 Å². The average molecular weight is 276 g/mol. The molecule has 1 N–H and O–H groups in total. The van der Waals surface area contributed by atoms with E-state index in [1.165, 1.54) is 31.5 Å². The Hall–Kier alpha value is -1.06. The van der Waals surface area contributed by atoms with Gasteiger partial charge in [0.1, 0.15) is 5.75 Å². The molecular weight excluding hydrogens is 248 g/mol. The number of nitrogens with one attached hydrogen (secondary N) is 1. The van der Waals surface area contributed by atoms with Gasteiger partial charge in [-0.25, -0.2) is 0 Å². The van der Waals surface area contributed by atoms with Crippen molar-refractivity contribution in [1.29, 1.82) is 0 Å². The van der Waals surface area contributed by atoms with Gasteiger partial charge in [0.2, 0.25) is 0 Å². The second-order valence-electron chi connectivity index (χ2n) is 6.07. The fourth-order valence-electron chi connectivity index (χ4n) is 2.92. The number of benzene rings is 1. The molecule has 1 heterocycles. The van der Waals surface area contributed by atoms with Crippen LogP contribution in [0.3, 0.4) is 0 Å². The first-order valence-corrected chi connectivity index (χ1v) is 7.74. The third kappa shape index (κ3) is 3.97. The Morgan fingerprint density at radius 1 is 1.10 bits per heavy atom. The highest BCUT2D eigenvalue weighted by molar-refractivity contribution is 5.28. The van der Waals surface area contributed by atoms with Crippen LogP contribution in [0.2, 0.25) is 0 Å². The zero-order valence-corrected chi connectivity index (χ0v) is 13.2. The number of rotatable bonds is 5. The summed E-state index contributed by atoms with van der Waals surface area (Å²) in [6.07, 6.45) is 2.50. The van der Waals surface area contributed by atoms with Crippen molar-refractivity contribution in [3.63, 3.8) is 0 Å². The van der Waals surface area contributed by atoms with Gasteiger partial charge in [-0.15, -0.1) is 0 Å². The van der Waals surface area contributed by atoms with Crippen molar-refractivity contribution in [3.05, 3.63) is 29.8 Å². The Kier molecular flexibility index (Phi) is 5.44. The minimum absolute atomic E-state index is 0.400. The number of piperidine rings is 1. The molecule has 3 heteroatoms. The van der Waals surface area contributed by atoms with Crippen LogP contribution in [-0.2, 0) is 0 Å². The molecule has 3 nitrogen and oxygen atoms in total. The van der Waals surface area contributed by atoms with Gasteiger partial charge >= 0.3 is 0 Å². The quantitative estimate of drug-likeness (QED) is 0.893. The highest BCUT2D eigenvalue weighted by Gasteiger charge is 2.22. The summed E-state index contributed by atoms with van der Waals surface area (Å²) in [5.41, 5.74) is 1.33. The van der Waals surface area contributed by atoms with Crippen molar-refractivity contribution in [2.24, 2.45) is 0 Å². The maximum Gasteiger partial charge on any atom is 0.118 e. The van der Waals surface area contributed by atoms with E-state index in [9.17, 15) is 0 Å². The Labute approximate surface area is 123 Å². The van der Waals surface area contributed by atoms with Crippen molar-refractivity contribution in [2.45, 2.75) is 51.7 Å². The molecule has 0 spiro atoms. The predicted molar refractivity (Wildman–Crippen MR) is 84.3 cm³/mol. The van der Waals surface area contributed by atoms with Crippen LogP contribution < -0.4 is 10.1 Å². The summed E-state index contributed by atoms with van der Waals surface area (Å²) in [7, 11) is 1.71. The van der Waals surface area contributed by atoms with Gasteiger partial charge in [-0.05, 0) is 64.4 Å². The summed E-state index contributed by atoms with van der Waals surface area (Å²) < 4.78 is 5.21. The Bertz CT molecular complexity index is 394. The molecule has 1 unspecified atom stereocenters. The first-order valence-electron chi connectivity index (χ1n) is 7.74. The third-order valence-corrected chi connectivity index (χ3v) is 4.36. The molecule has 1 fully saturated rings. The maximum absolute atomic E-state index is 5.21. The molecule has 2 rings (SSSR count). The van der Waals surface area contributed by atoms with E-state index in [0.29, 0.717) is 18.1 Å². The van der Waals surface area contributed by atoms with Gasteiger partial charge in [0, 0.05) is 18.1 Å². The zero-order valence-electron chi connectivity index (χ0n) is 13.2. The van der Waals surface area contributed by atoms with Crippen LogP contribution in [0.15, 0.2) is 24.3 Å². The van der Waals surface area contributed by atoms with Crippen LogP contribution >= 0.6 is 0 Å². The summed E-state index contributed by atoms with van der Waals surface area (Å²) in [6.45, 7) is 9.24. The highest BCUT2D eigenvalue weighted by atomic mass is 16.5. The predicted octanol–water partition coefficient (Wildman–Crippen LogP) is 3.22. The molecule has 1 aliphatic heterocycles. The Morgan fingerprint density at radius 2 is 1.70 bits per heavy atom. The molecule has 1 aromatic carbocycles. The third-order valence-electron chi connectivity index (χ3n) is 4.36. The van der Waals surface area contributed by atoms with Crippen LogP contribution in [0.1, 0.15) is 45.2 Å². The van der Waals surface area contributed by atoms with Gasteiger partial charge in [-0.3, -0.25) is 0 Å². The molecule has 0 aromatic heterocycles. The molecule has 1 aliphatic rings. The lowest BCUT2D eigenvalue weighted by Crippen LogP contribution is -2.45. The molecule has 0 radical (unpaired) electrons. The van der Waals surface area contributed by atoms with Gasteiger partial charge in [0.25, 0.3) is 0 Å². The van der Waals surface area contributed by atoms with Crippen LogP contribution in [0, 0.1) is 0 Å². The van der Waals surface area contributed by atoms with Crippen LogP contribution in [0.5, 0.6) is 5.75 Å². The van der Waals surface area contributed by atoms with Gasteiger partial charge in [-0.1, -0.05) is 12.1 Å². The van der Waals surface area contributed by atoms with E-state index in [-0.39, 0.29) is 0 Å². The molecule has 1 saturated heterocycles. The Morgan fingerprint density at radius 3 is 2.20 bits per heavy atom. The SMILES string of the molecule is COc1ccc(C(C)NC2CCN(C(C)C)CC2)cc1. The summed E-state index contributed by atoms with van der Waals surface area (Å²) in [4.78, 5) is 2.57. The molecular formula is C17H28N2O. The molecule has 0 aliphatic carbocycles. The Balaban J connectivity index is 1.84. The number of nitrogens with zero attached hydrogens (tertiary/aromatic N) is 1. The molecule has 1 atom stereocenters. The summed E-state index contributed by atoms with van der Waals surface area (Å²) >= 11 is 0. The van der Waals surface area contributed by atoms with E-state index < -0.39 is 0 Å². The zero-order chi connectivity index (χ0) is 14.5. The van der Waals surface area contributed by atoms with Gasteiger partial charge < -0.3 is 15.0 Å². The minimum Gasteiger partial charge on any atom is -0.497 e. The van der Waals surface area contributed by atoms with E-state index in [2.05, 4.69) is 43.1 Å². The van der Waals surface area contributed by atoms with Crippen molar-refractivity contribution in [1.82, 2.24) is 10.2 Å². The highest BCUT2D eigenvalue weighted by Crippen LogP contribution is 2.20. The van der Waals surface area contributed by atoms with Gasteiger partial charge in [0.05, 0.1) is 7.11 Å². The van der Waals surface area contributed by atoms with E-state index in [0.717, 1.165) is 5.75 Å². The van der Waals surface area contributed by atoms with Crippen LogP contribution in [0.4, 0.5) is 0 Å². The van der Waals surface area contributed by atoms with E-state index in [4.69, 9.17) is 4.74 Å². The molecule has 0 amide bonds. The standard InChI is InChI=1S/C17H28N2O/c1-13(2)19-11-9-16(10-12-19)18-14(3)15-5-7-17(20-4)8-6-15/h5-8,13-14,16,18H,9-12H2,1-4H3. The lowest BCUT2D eigenvalue weighted by Gasteiger charge is -2.36. The molecule has 20 heavy (non-hydrogen) atoms. The van der Waals surface area contributed by atoms with Crippen LogP contribution in [0.25, 0.3) is 0 Å². The number of methoxy groups -OCH3 is 1. The van der Waals surface area contributed by atoms with Gasteiger partial charge in [-0.2, -0.15) is 0 Å². The summed E-state index contributed by atoms with van der Waals surface area (Å²) in [5, 5.41) is 3.76. The molecule has 112 valence electrons. The maximum atomic E-state index is 5.21. The summed E-state index contributed by atoms with van der Waals surface area (Å²) in [5.74, 6) is 0.922. The first-order chi connectivity index (χ1) is 9.60. The summed E-state index contributed by atoms with van der Waals surface area (Å²) in [6, 6.07) is 10.1. The second-order valence-corrected chi connectivity index (χ2v) is 6.07. The monoisotopic (exact) mass is 276 g/mol. The lowest BCUT2D eigenvalue weighted by molar-refractivity contribution is 0.157. The number of likely N-dealkylation sites (tertiary alicyclic amines) is 1. The second kappa shape index (κ2) is 7.09. The normalized spacial score (nSPS) is 19.2. The van der Waals surface area contributed by atoms with Crippen molar-refractivity contribution < 1.29 is 4.74 Å². The average Bonchev–Trinajstić information content (AvgIpc) is 2.48. The smallest absolute Gasteiger partial charge is 0.118 e. The lowest BCUT2D eigenvalue weighted by atomic mass is 10.0. The topological polar surface area (TPSA) is 24.5 Å². The van der Waals surface area contributed by atoms with E-state index in [1.807, 2.05) is 12.1 Å². The largest absolute Gasteiger partial charge is 0.497 e. The molecule has 0 saturated carbocycles. The van der Waals surface area contributed by atoms with E-state index in [1.54, 1.807) is 7.11 Å². The molecule has 0 bridgehead atoms. The van der Waals surface area contributed by atoms with Crippen LogP contribution in [-0.4, -0.2) is 37.2 Å². The van der Waals surface area contributed by atoms with Crippen molar-refractivity contribution in [3.8, 4) is 5.75 Å². The molecule has 1 aromatic rings. The van der Waals surface area contributed by atoms with Gasteiger partial charge in [0.15, 0.2) is 0 Å². The number of ether oxygens (including phenoxy) is 1.